The number of nitrogens with two attached hydrogens (primary N) is 2. The van der Waals surface area contributed by atoms with E-state index >= 15 is 0 Å². The zero-order valence-electron chi connectivity index (χ0n) is 29.8. The Morgan fingerprint density at radius 1 is 0.882 bits per heavy atom. The Morgan fingerprint density at radius 2 is 1.49 bits per heavy atom. The third kappa shape index (κ3) is 11.7. The fourth-order valence-electron chi connectivity index (χ4n) is 6.51. The first-order chi connectivity index (χ1) is 24.3. The highest BCUT2D eigenvalue weighted by molar-refractivity contribution is 5.96. The van der Waals surface area contributed by atoms with Gasteiger partial charge >= 0.3 is 0 Å². The summed E-state index contributed by atoms with van der Waals surface area (Å²) in [6.45, 7) is 5.59. The SMILES string of the molecule is CC[C@H](C)[C@H](NC(=O)[C@@H]1CCCN1C(=O)CNC(=O)[C@H](Cc1ccc(O)cc1)NC(C)=O)C(=O)N1CCC[C@H]1C(=O)N[C@@H](CCCCN)C(N)=O. The second-order valence-corrected chi connectivity index (χ2v) is 13.4. The normalized spacial score (nSPS) is 19.4. The van der Waals surface area contributed by atoms with Crippen molar-refractivity contribution in [1.82, 2.24) is 31.1 Å². The minimum atomic E-state index is -0.978. The number of phenols is 1. The van der Waals surface area contributed by atoms with E-state index in [2.05, 4.69) is 21.3 Å². The first-order valence-corrected chi connectivity index (χ1v) is 17.8. The molecule has 0 aromatic heterocycles. The maximum Gasteiger partial charge on any atom is 0.246 e. The number of aromatic hydroxyl groups is 1. The van der Waals surface area contributed by atoms with E-state index in [1.165, 1.54) is 28.9 Å². The fourth-order valence-corrected chi connectivity index (χ4v) is 6.51. The lowest BCUT2D eigenvalue weighted by atomic mass is 9.96. The lowest BCUT2D eigenvalue weighted by Gasteiger charge is -2.33. The number of phenolic OH excluding ortho intramolecular Hbond substituents is 1. The molecular formula is C35H54N8O8. The second kappa shape index (κ2) is 19.6. The number of hydrogen-bond acceptors (Lipinski definition) is 9. The van der Waals surface area contributed by atoms with Crippen LogP contribution in [0.3, 0.4) is 0 Å². The van der Waals surface area contributed by atoms with E-state index in [0.717, 1.165) is 0 Å². The molecule has 282 valence electrons. The van der Waals surface area contributed by atoms with E-state index in [9.17, 15) is 38.7 Å². The number of carbonyl (C=O) groups is 7. The molecule has 0 saturated carbocycles. The Bertz CT molecular complexity index is 1410. The van der Waals surface area contributed by atoms with E-state index in [-0.39, 0.29) is 24.6 Å². The van der Waals surface area contributed by atoms with Gasteiger partial charge in [-0.1, -0.05) is 32.4 Å². The van der Waals surface area contributed by atoms with Crippen molar-refractivity contribution in [2.24, 2.45) is 17.4 Å². The van der Waals surface area contributed by atoms with Gasteiger partial charge in [0, 0.05) is 26.4 Å². The van der Waals surface area contributed by atoms with E-state index in [4.69, 9.17) is 11.5 Å². The van der Waals surface area contributed by atoms with Gasteiger partial charge in [0.05, 0.1) is 6.54 Å². The van der Waals surface area contributed by atoms with Gasteiger partial charge in [0.25, 0.3) is 0 Å². The highest BCUT2D eigenvalue weighted by atomic mass is 16.3. The van der Waals surface area contributed by atoms with Gasteiger partial charge in [-0.05, 0) is 75.1 Å². The third-order valence-electron chi connectivity index (χ3n) is 9.58. The largest absolute Gasteiger partial charge is 0.508 e. The van der Waals surface area contributed by atoms with Crippen molar-refractivity contribution in [1.29, 1.82) is 0 Å². The van der Waals surface area contributed by atoms with Crippen molar-refractivity contribution < 1.29 is 38.7 Å². The van der Waals surface area contributed by atoms with Gasteiger partial charge in [0.1, 0.15) is 36.0 Å². The number of likely N-dealkylation sites (tertiary alicyclic amines) is 2. The van der Waals surface area contributed by atoms with E-state index in [1.54, 1.807) is 12.1 Å². The van der Waals surface area contributed by atoms with Crippen LogP contribution in [0.1, 0.15) is 77.7 Å². The Labute approximate surface area is 298 Å². The van der Waals surface area contributed by atoms with Crippen molar-refractivity contribution >= 4 is 41.4 Å². The number of nitrogens with one attached hydrogen (secondary N) is 4. The Hall–Kier alpha value is -4.73. The van der Waals surface area contributed by atoms with Gasteiger partial charge in [-0.25, -0.2) is 0 Å². The molecule has 2 saturated heterocycles. The summed E-state index contributed by atoms with van der Waals surface area (Å²) >= 11 is 0. The summed E-state index contributed by atoms with van der Waals surface area (Å²) < 4.78 is 0. The van der Waals surface area contributed by atoms with Crippen LogP contribution in [-0.2, 0) is 40.0 Å². The predicted octanol–water partition coefficient (Wildman–Crippen LogP) is -0.832. The quantitative estimate of drug-likeness (QED) is 0.0937. The zero-order chi connectivity index (χ0) is 37.7. The van der Waals surface area contributed by atoms with Gasteiger partial charge in [-0.15, -0.1) is 0 Å². The Balaban J connectivity index is 1.65. The molecule has 2 aliphatic heterocycles. The average Bonchev–Trinajstić information content (AvgIpc) is 3.80. The van der Waals surface area contributed by atoms with Crippen LogP contribution in [0.2, 0.25) is 0 Å². The zero-order valence-corrected chi connectivity index (χ0v) is 29.8. The summed E-state index contributed by atoms with van der Waals surface area (Å²) in [6.07, 6.45) is 4.13. The van der Waals surface area contributed by atoms with Crippen LogP contribution in [-0.4, -0.2) is 113 Å². The van der Waals surface area contributed by atoms with Crippen molar-refractivity contribution in [2.45, 2.75) is 109 Å². The highest BCUT2D eigenvalue weighted by Gasteiger charge is 2.42. The molecule has 2 aliphatic rings. The Kier molecular flexibility index (Phi) is 15.6. The maximum atomic E-state index is 14.0. The lowest BCUT2D eigenvalue weighted by molar-refractivity contribution is -0.144. The summed E-state index contributed by atoms with van der Waals surface area (Å²) in [4.78, 5) is 94.0. The highest BCUT2D eigenvalue weighted by Crippen LogP contribution is 2.23. The van der Waals surface area contributed by atoms with Crippen molar-refractivity contribution in [3.05, 3.63) is 29.8 Å². The fraction of sp³-hybridized carbons (Fsp3) is 0.629. The van der Waals surface area contributed by atoms with Crippen molar-refractivity contribution in [3.8, 4) is 5.75 Å². The van der Waals surface area contributed by atoms with Gasteiger partial charge in [0.2, 0.25) is 41.4 Å². The van der Waals surface area contributed by atoms with Crippen LogP contribution in [0.15, 0.2) is 24.3 Å². The first kappa shape index (κ1) is 40.7. The summed E-state index contributed by atoms with van der Waals surface area (Å²) in [6, 6.07) is 1.63. The molecule has 1 aromatic rings. The van der Waals surface area contributed by atoms with Crippen LogP contribution in [0.25, 0.3) is 0 Å². The van der Waals surface area contributed by atoms with Crippen LogP contribution < -0.4 is 32.7 Å². The minimum Gasteiger partial charge on any atom is -0.508 e. The number of hydrogen-bond donors (Lipinski definition) is 7. The lowest BCUT2D eigenvalue weighted by Crippen LogP contribution is -2.59. The third-order valence-corrected chi connectivity index (χ3v) is 9.58. The van der Waals surface area contributed by atoms with Crippen LogP contribution in [0, 0.1) is 5.92 Å². The molecule has 0 aliphatic carbocycles. The molecule has 2 heterocycles. The maximum absolute atomic E-state index is 14.0. The summed E-state index contributed by atoms with van der Waals surface area (Å²) in [5, 5.41) is 20.3. The molecular weight excluding hydrogens is 660 g/mol. The van der Waals surface area contributed by atoms with Gasteiger partial charge < -0.3 is 47.6 Å². The number of rotatable bonds is 18. The molecule has 1 aromatic carbocycles. The van der Waals surface area contributed by atoms with Crippen LogP contribution in [0.5, 0.6) is 5.75 Å². The van der Waals surface area contributed by atoms with Crippen LogP contribution >= 0.6 is 0 Å². The number of benzene rings is 1. The molecule has 0 spiro atoms. The molecule has 0 bridgehead atoms. The molecule has 7 amide bonds. The number of primary amides is 1. The molecule has 0 unspecified atom stereocenters. The number of carbonyl (C=O) groups excluding carboxylic acids is 7. The summed E-state index contributed by atoms with van der Waals surface area (Å²) in [7, 11) is 0. The molecule has 6 atom stereocenters. The van der Waals surface area contributed by atoms with Crippen molar-refractivity contribution in [3.63, 3.8) is 0 Å². The van der Waals surface area contributed by atoms with Gasteiger partial charge in [-0.3, -0.25) is 33.6 Å². The van der Waals surface area contributed by atoms with E-state index in [1.807, 2.05) is 13.8 Å². The molecule has 16 nitrogen and oxygen atoms in total. The standard InChI is InChI=1S/C35H54N8O8/c1-4-21(2)30(35(51)43-18-8-11-28(43)33(49)40-25(31(37)47)9-5-6-16-36)41-34(50)27-10-7-17-42(27)29(46)20-38-32(48)26(39-22(3)44)19-23-12-14-24(45)15-13-23/h12-15,21,25-28,30,45H,4-11,16-20,36H2,1-3H3,(H2,37,47)(H,38,48)(H,39,44)(H,40,49)(H,41,50)/t21-,25-,26-,27-,28-,30-/m0/s1. The molecule has 51 heavy (non-hydrogen) atoms. The van der Waals surface area contributed by atoms with E-state index in [0.29, 0.717) is 70.0 Å². The molecule has 16 heteroatoms. The smallest absolute Gasteiger partial charge is 0.246 e. The second-order valence-electron chi connectivity index (χ2n) is 13.4. The predicted molar refractivity (Wildman–Crippen MR) is 187 cm³/mol. The van der Waals surface area contributed by atoms with Gasteiger partial charge in [-0.2, -0.15) is 0 Å². The summed E-state index contributed by atoms with van der Waals surface area (Å²) in [5.41, 5.74) is 11.8. The van der Waals surface area contributed by atoms with Gasteiger partial charge in [0.15, 0.2) is 0 Å². The van der Waals surface area contributed by atoms with Crippen LogP contribution in [0.4, 0.5) is 0 Å². The number of amides is 7. The molecule has 2 fully saturated rings. The molecule has 9 N–H and O–H groups in total. The first-order valence-electron chi connectivity index (χ1n) is 17.8. The minimum absolute atomic E-state index is 0.0571. The average molecular weight is 715 g/mol. The van der Waals surface area contributed by atoms with E-state index < -0.39 is 78.1 Å². The monoisotopic (exact) mass is 714 g/mol. The topological polar surface area (TPSA) is 246 Å². The number of unbranched alkanes of at least 4 members (excludes halogenated alkanes) is 1. The summed E-state index contributed by atoms with van der Waals surface area (Å²) in [5.74, 6) is -3.84. The Morgan fingerprint density at radius 3 is 2.08 bits per heavy atom. The number of nitrogens with zero attached hydrogens (tertiary/aromatic N) is 2. The molecule has 3 rings (SSSR count). The van der Waals surface area contributed by atoms with Crippen molar-refractivity contribution in [2.75, 3.05) is 26.2 Å². The molecule has 0 radical (unpaired) electrons.